The number of fused-ring (bicyclic) bond motifs is 1. The highest BCUT2D eigenvalue weighted by Gasteiger charge is 2.37. The second-order valence-corrected chi connectivity index (χ2v) is 8.93. The van der Waals surface area contributed by atoms with Gasteiger partial charge in [-0.2, -0.15) is 0 Å². The third-order valence-corrected chi connectivity index (χ3v) is 5.70. The SMILES string of the molecule is CC(=O)Oc1ccc(NC(=O)c2ccc3c(c2)C(C)(C)CCC3(C)C)ccc1=O. The maximum atomic E-state index is 12.8. The molecule has 0 aliphatic heterocycles. The third-order valence-electron chi connectivity index (χ3n) is 5.70. The van der Waals surface area contributed by atoms with E-state index >= 15 is 0 Å². The Morgan fingerprint density at radius 1 is 0.897 bits per heavy atom. The second-order valence-electron chi connectivity index (χ2n) is 8.93. The van der Waals surface area contributed by atoms with E-state index in [-0.39, 0.29) is 22.5 Å². The van der Waals surface area contributed by atoms with E-state index in [9.17, 15) is 14.4 Å². The number of nitrogens with one attached hydrogen (secondary N) is 1. The van der Waals surface area contributed by atoms with Crippen molar-refractivity contribution in [3.63, 3.8) is 0 Å². The van der Waals surface area contributed by atoms with E-state index in [1.54, 1.807) is 6.07 Å². The lowest BCUT2D eigenvalue weighted by Crippen LogP contribution is -2.34. The van der Waals surface area contributed by atoms with E-state index in [1.165, 1.54) is 36.2 Å². The summed E-state index contributed by atoms with van der Waals surface area (Å²) in [6.45, 7) is 10.1. The Labute approximate surface area is 171 Å². The van der Waals surface area contributed by atoms with Gasteiger partial charge in [0.1, 0.15) is 0 Å². The van der Waals surface area contributed by atoms with Gasteiger partial charge in [0.2, 0.25) is 5.43 Å². The van der Waals surface area contributed by atoms with Crippen LogP contribution >= 0.6 is 0 Å². The number of ether oxygens (including phenoxy) is 1. The molecule has 0 unspecified atom stereocenters. The third kappa shape index (κ3) is 4.39. The summed E-state index contributed by atoms with van der Waals surface area (Å²) in [6.07, 6.45) is 2.18. The van der Waals surface area contributed by atoms with Crippen LogP contribution in [0.3, 0.4) is 0 Å². The topological polar surface area (TPSA) is 72.5 Å². The lowest BCUT2D eigenvalue weighted by molar-refractivity contribution is -0.131. The lowest BCUT2D eigenvalue weighted by Gasteiger charge is -2.42. The van der Waals surface area contributed by atoms with Crippen LogP contribution in [0.1, 0.15) is 68.9 Å². The molecule has 1 N–H and O–H groups in total. The molecule has 0 saturated heterocycles. The highest BCUT2D eigenvalue weighted by molar-refractivity contribution is 6.04. The first kappa shape index (κ1) is 20.8. The van der Waals surface area contributed by atoms with Crippen LogP contribution in [-0.2, 0) is 15.6 Å². The minimum Gasteiger partial charge on any atom is -0.423 e. The van der Waals surface area contributed by atoms with E-state index in [0.29, 0.717) is 11.3 Å². The zero-order chi connectivity index (χ0) is 21.4. The number of amides is 1. The Balaban J connectivity index is 1.90. The first-order valence-corrected chi connectivity index (χ1v) is 9.79. The molecule has 1 aliphatic rings. The first-order valence-electron chi connectivity index (χ1n) is 9.79. The van der Waals surface area contributed by atoms with Gasteiger partial charge in [-0.25, -0.2) is 0 Å². The maximum absolute atomic E-state index is 12.8. The minimum absolute atomic E-state index is 0.0106. The predicted octanol–water partition coefficient (Wildman–Crippen LogP) is 4.57. The molecule has 2 aromatic rings. The van der Waals surface area contributed by atoms with Gasteiger partial charge in [0.05, 0.1) is 0 Å². The van der Waals surface area contributed by atoms with Crippen molar-refractivity contribution in [2.75, 3.05) is 5.32 Å². The molecule has 1 aliphatic carbocycles. The Bertz CT molecular complexity index is 1040. The van der Waals surface area contributed by atoms with Gasteiger partial charge in [-0.1, -0.05) is 33.8 Å². The largest absolute Gasteiger partial charge is 0.423 e. The number of carbonyl (C=O) groups excluding carboxylic acids is 2. The van der Waals surface area contributed by atoms with E-state index in [1.807, 2.05) is 12.1 Å². The quantitative estimate of drug-likeness (QED) is 0.775. The molecule has 0 radical (unpaired) electrons. The highest BCUT2D eigenvalue weighted by atomic mass is 16.5. The number of hydrogen-bond acceptors (Lipinski definition) is 4. The number of rotatable bonds is 3. The predicted molar refractivity (Wildman–Crippen MR) is 114 cm³/mol. The maximum Gasteiger partial charge on any atom is 0.308 e. The summed E-state index contributed by atoms with van der Waals surface area (Å²) in [5.74, 6) is -0.895. The van der Waals surface area contributed by atoms with Gasteiger partial charge in [-0.15, -0.1) is 0 Å². The number of esters is 1. The molecule has 0 fully saturated rings. The van der Waals surface area contributed by atoms with Crippen molar-refractivity contribution in [2.45, 2.75) is 58.3 Å². The van der Waals surface area contributed by atoms with Crippen LogP contribution < -0.4 is 15.5 Å². The fraction of sp³-hybridized carbons (Fsp3) is 0.375. The van der Waals surface area contributed by atoms with Crippen LogP contribution in [0.4, 0.5) is 5.69 Å². The molecule has 0 aromatic heterocycles. The molecule has 5 heteroatoms. The Hall–Kier alpha value is -2.95. The Morgan fingerprint density at radius 2 is 1.52 bits per heavy atom. The van der Waals surface area contributed by atoms with Crippen LogP contribution in [0.2, 0.25) is 0 Å². The molecule has 2 aromatic carbocycles. The van der Waals surface area contributed by atoms with Gasteiger partial charge in [-0.3, -0.25) is 14.4 Å². The minimum atomic E-state index is -0.571. The van der Waals surface area contributed by atoms with Crippen LogP contribution in [0.5, 0.6) is 5.75 Å². The van der Waals surface area contributed by atoms with Crippen LogP contribution in [0, 0.1) is 0 Å². The number of anilines is 1. The average molecular weight is 393 g/mol. The van der Waals surface area contributed by atoms with Crippen molar-refractivity contribution in [1.82, 2.24) is 0 Å². The molecule has 5 nitrogen and oxygen atoms in total. The van der Waals surface area contributed by atoms with Gasteiger partial charge in [0.15, 0.2) is 5.75 Å². The fourth-order valence-corrected chi connectivity index (χ4v) is 3.81. The molecule has 29 heavy (non-hydrogen) atoms. The van der Waals surface area contributed by atoms with Crippen molar-refractivity contribution in [1.29, 1.82) is 0 Å². The van der Waals surface area contributed by atoms with Crippen LogP contribution in [-0.4, -0.2) is 11.9 Å². The van der Waals surface area contributed by atoms with Gasteiger partial charge in [-0.05, 0) is 71.2 Å². The highest BCUT2D eigenvalue weighted by Crippen LogP contribution is 2.45. The van der Waals surface area contributed by atoms with Crippen molar-refractivity contribution in [2.24, 2.45) is 0 Å². The van der Waals surface area contributed by atoms with Crippen LogP contribution in [0.25, 0.3) is 0 Å². The molecule has 0 heterocycles. The summed E-state index contributed by atoms with van der Waals surface area (Å²) in [6, 6.07) is 11.6. The summed E-state index contributed by atoms with van der Waals surface area (Å²) in [7, 11) is 0. The molecular formula is C24H27NO4. The number of benzene rings is 1. The molecule has 0 bridgehead atoms. The van der Waals surface area contributed by atoms with Crippen molar-refractivity contribution in [3.8, 4) is 5.75 Å². The molecule has 0 atom stereocenters. The van der Waals surface area contributed by atoms with E-state index in [2.05, 4.69) is 39.1 Å². The summed E-state index contributed by atoms with van der Waals surface area (Å²) < 4.78 is 4.89. The molecule has 152 valence electrons. The smallest absolute Gasteiger partial charge is 0.308 e. The van der Waals surface area contributed by atoms with Gasteiger partial charge >= 0.3 is 5.97 Å². The van der Waals surface area contributed by atoms with E-state index < -0.39 is 11.4 Å². The zero-order valence-electron chi connectivity index (χ0n) is 17.6. The standard InChI is InChI=1S/C24H27NO4/c1-15(26)29-21-11-8-17(7-10-20(21)27)25-22(28)16-6-9-18-19(14-16)24(4,5)13-12-23(18,2)3/h6-11,14H,12-13H2,1-5H3,(H,25,28). The Kier molecular flexibility index (Phi) is 5.35. The van der Waals surface area contributed by atoms with Gasteiger partial charge in [0, 0.05) is 18.2 Å². The molecule has 0 spiro atoms. The lowest BCUT2D eigenvalue weighted by atomic mass is 9.63. The summed E-state index contributed by atoms with van der Waals surface area (Å²) in [4.78, 5) is 35.9. The van der Waals surface area contributed by atoms with E-state index in [4.69, 9.17) is 4.74 Å². The normalized spacial score (nSPS) is 16.4. The van der Waals surface area contributed by atoms with Crippen molar-refractivity contribution < 1.29 is 14.3 Å². The van der Waals surface area contributed by atoms with Gasteiger partial charge in [0.25, 0.3) is 5.91 Å². The second kappa shape index (κ2) is 7.47. The summed E-state index contributed by atoms with van der Waals surface area (Å²) in [5.41, 5.74) is 3.18. The summed E-state index contributed by atoms with van der Waals surface area (Å²) in [5, 5.41) is 2.82. The molecule has 3 rings (SSSR count). The molecule has 0 saturated carbocycles. The first-order chi connectivity index (χ1) is 13.5. The Morgan fingerprint density at radius 3 is 2.17 bits per heavy atom. The number of carbonyl (C=O) groups is 2. The fourth-order valence-electron chi connectivity index (χ4n) is 3.81. The summed E-state index contributed by atoms with van der Waals surface area (Å²) >= 11 is 0. The monoisotopic (exact) mass is 393 g/mol. The molecular weight excluding hydrogens is 366 g/mol. The average Bonchev–Trinajstić information content (AvgIpc) is 2.81. The van der Waals surface area contributed by atoms with E-state index in [0.717, 1.165) is 12.8 Å². The van der Waals surface area contributed by atoms with Gasteiger partial charge < -0.3 is 10.1 Å². The van der Waals surface area contributed by atoms with Crippen molar-refractivity contribution >= 4 is 17.6 Å². The van der Waals surface area contributed by atoms with Crippen LogP contribution in [0.15, 0.2) is 47.3 Å². The zero-order valence-corrected chi connectivity index (χ0v) is 17.6. The number of hydrogen-bond donors (Lipinski definition) is 1. The van der Waals surface area contributed by atoms with Crippen molar-refractivity contribution in [3.05, 3.63) is 69.4 Å². The molecule has 1 amide bonds.